The molecule has 2 N–H and O–H groups in total. The fraction of sp³-hybridized carbons (Fsp3) is 0.286. The van der Waals surface area contributed by atoms with Gasteiger partial charge in [0.1, 0.15) is 17.2 Å². The van der Waals surface area contributed by atoms with Crippen LogP contribution in [0.2, 0.25) is 0 Å². The molecule has 0 aliphatic rings. The van der Waals surface area contributed by atoms with E-state index in [0.717, 1.165) is 34.6 Å². The molecule has 0 amide bonds. The van der Waals surface area contributed by atoms with Crippen molar-refractivity contribution in [2.24, 2.45) is 7.05 Å². The standard InChI is InChI=1S/C14H17N5/c1-4-11-10(8-18(3)17-11)13-14(15)19-7-9(2)5-6-12(19)16-13/h5-8H,4,15H2,1-3H3. The predicted molar refractivity (Wildman–Crippen MR) is 75.9 cm³/mol. The van der Waals surface area contributed by atoms with Crippen molar-refractivity contribution in [1.29, 1.82) is 0 Å². The number of hydrogen-bond donors (Lipinski definition) is 1. The summed E-state index contributed by atoms with van der Waals surface area (Å²) >= 11 is 0. The third kappa shape index (κ3) is 1.78. The van der Waals surface area contributed by atoms with Gasteiger partial charge in [0.15, 0.2) is 0 Å². The third-order valence-corrected chi connectivity index (χ3v) is 3.30. The summed E-state index contributed by atoms with van der Waals surface area (Å²) in [5.41, 5.74) is 11.1. The molecule has 0 fully saturated rings. The minimum Gasteiger partial charge on any atom is -0.383 e. The van der Waals surface area contributed by atoms with Gasteiger partial charge in [-0.05, 0) is 25.0 Å². The zero-order valence-corrected chi connectivity index (χ0v) is 11.4. The Morgan fingerprint density at radius 1 is 1.26 bits per heavy atom. The van der Waals surface area contributed by atoms with E-state index < -0.39 is 0 Å². The highest BCUT2D eigenvalue weighted by Crippen LogP contribution is 2.29. The average molecular weight is 255 g/mol. The molecule has 0 unspecified atom stereocenters. The third-order valence-electron chi connectivity index (χ3n) is 3.30. The molecule has 3 aromatic heterocycles. The van der Waals surface area contributed by atoms with E-state index in [2.05, 4.69) is 17.0 Å². The molecule has 0 radical (unpaired) electrons. The van der Waals surface area contributed by atoms with Crippen LogP contribution in [-0.2, 0) is 13.5 Å². The largest absolute Gasteiger partial charge is 0.383 e. The summed E-state index contributed by atoms with van der Waals surface area (Å²) in [5.74, 6) is 0.668. The summed E-state index contributed by atoms with van der Waals surface area (Å²) in [6, 6.07) is 4.02. The van der Waals surface area contributed by atoms with E-state index in [4.69, 9.17) is 5.73 Å². The van der Waals surface area contributed by atoms with Crippen LogP contribution in [0.1, 0.15) is 18.2 Å². The van der Waals surface area contributed by atoms with Gasteiger partial charge in [-0.15, -0.1) is 0 Å². The van der Waals surface area contributed by atoms with Crippen LogP contribution in [0, 0.1) is 6.92 Å². The van der Waals surface area contributed by atoms with Crippen LogP contribution in [0.3, 0.4) is 0 Å². The van der Waals surface area contributed by atoms with Gasteiger partial charge >= 0.3 is 0 Å². The van der Waals surface area contributed by atoms with Gasteiger partial charge < -0.3 is 5.73 Å². The van der Waals surface area contributed by atoms with Crippen molar-refractivity contribution < 1.29 is 0 Å². The molecule has 3 heterocycles. The number of nitrogen functional groups attached to an aromatic ring is 1. The van der Waals surface area contributed by atoms with Crippen LogP contribution in [0.25, 0.3) is 16.9 Å². The zero-order chi connectivity index (χ0) is 13.6. The molecule has 0 aliphatic heterocycles. The second kappa shape index (κ2) is 4.12. The summed E-state index contributed by atoms with van der Waals surface area (Å²) in [4.78, 5) is 4.63. The fourth-order valence-electron chi connectivity index (χ4n) is 2.36. The number of hydrogen-bond acceptors (Lipinski definition) is 3. The lowest BCUT2D eigenvalue weighted by Gasteiger charge is -1.99. The van der Waals surface area contributed by atoms with Gasteiger partial charge in [0.05, 0.1) is 5.69 Å². The normalized spacial score (nSPS) is 11.3. The van der Waals surface area contributed by atoms with Crippen molar-refractivity contribution in [3.05, 3.63) is 35.8 Å². The van der Waals surface area contributed by atoms with E-state index >= 15 is 0 Å². The molecule has 0 spiro atoms. The lowest BCUT2D eigenvalue weighted by Crippen LogP contribution is -1.95. The van der Waals surface area contributed by atoms with Gasteiger partial charge in [0.25, 0.3) is 0 Å². The summed E-state index contributed by atoms with van der Waals surface area (Å²) in [5, 5.41) is 4.45. The molecule has 5 heteroatoms. The van der Waals surface area contributed by atoms with Crippen molar-refractivity contribution >= 4 is 11.5 Å². The molecular formula is C14H17N5. The highest BCUT2D eigenvalue weighted by Gasteiger charge is 2.16. The Kier molecular flexibility index (Phi) is 2.55. The minimum absolute atomic E-state index is 0.668. The van der Waals surface area contributed by atoms with E-state index in [0.29, 0.717) is 5.82 Å². The molecule has 0 bridgehead atoms. The highest BCUT2D eigenvalue weighted by atomic mass is 15.3. The quantitative estimate of drug-likeness (QED) is 0.763. The predicted octanol–water partition coefficient (Wildman–Crippen LogP) is 2.19. The van der Waals surface area contributed by atoms with Crippen LogP contribution in [0.5, 0.6) is 0 Å². The number of aromatic nitrogens is 4. The van der Waals surface area contributed by atoms with Crippen LogP contribution >= 0.6 is 0 Å². The molecule has 5 nitrogen and oxygen atoms in total. The maximum atomic E-state index is 6.24. The molecule has 98 valence electrons. The van der Waals surface area contributed by atoms with Crippen molar-refractivity contribution in [1.82, 2.24) is 19.2 Å². The Morgan fingerprint density at radius 2 is 2.05 bits per heavy atom. The molecule has 0 atom stereocenters. The monoisotopic (exact) mass is 255 g/mol. The molecular weight excluding hydrogens is 238 g/mol. The molecule has 0 saturated carbocycles. The molecule has 0 aromatic carbocycles. The lowest BCUT2D eigenvalue weighted by molar-refractivity contribution is 0.746. The average Bonchev–Trinajstić information content (AvgIpc) is 2.91. The Morgan fingerprint density at radius 3 is 2.79 bits per heavy atom. The first-order valence-corrected chi connectivity index (χ1v) is 6.37. The molecule has 0 aliphatic carbocycles. The lowest BCUT2D eigenvalue weighted by atomic mass is 10.1. The zero-order valence-electron chi connectivity index (χ0n) is 11.4. The van der Waals surface area contributed by atoms with Crippen LogP contribution < -0.4 is 5.73 Å². The number of nitrogens with zero attached hydrogens (tertiary/aromatic N) is 4. The topological polar surface area (TPSA) is 61.1 Å². The van der Waals surface area contributed by atoms with E-state index in [1.807, 2.05) is 47.6 Å². The number of fused-ring (bicyclic) bond motifs is 1. The summed E-state index contributed by atoms with van der Waals surface area (Å²) in [6.45, 7) is 4.13. The van der Waals surface area contributed by atoms with Crippen molar-refractivity contribution in [2.45, 2.75) is 20.3 Å². The van der Waals surface area contributed by atoms with E-state index in [1.165, 1.54) is 0 Å². The summed E-state index contributed by atoms with van der Waals surface area (Å²) < 4.78 is 3.74. The van der Waals surface area contributed by atoms with Gasteiger partial charge in [0.2, 0.25) is 0 Å². The molecule has 0 saturated heterocycles. The van der Waals surface area contributed by atoms with E-state index in [-0.39, 0.29) is 0 Å². The maximum Gasteiger partial charge on any atom is 0.139 e. The van der Waals surface area contributed by atoms with Gasteiger partial charge in [-0.25, -0.2) is 4.98 Å². The van der Waals surface area contributed by atoms with Crippen molar-refractivity contribution in [3.63, 3.8) is 0 Å². The maximum absolute atomic E-state index is 6.24. The number of nitrogens with two attached hydrogens (primary N) is 1. The molecule has 19 heavy (non-hydrogen) atoms. The number of pyridine rings is 1. The Balaban J connectivity index is 2.27. The first kappa shape index (κ1) is 11.8. The number of anilines is 1. The van der Waals surface area contributed by atoms with Crippen LogP contribution in [0.4, 0.5) is 5.82 Å². The summed E-state index contributed by atoms with van der Waals surface area (Å²) in [6.07, 6.45) is 4.84. The van der Waals surface area contributed by atoms with E-state index in [9.17, 15) is 0 Å². The molecule has 3 aromatic rings. The van der Waals surface area contributed by atoms with Gasteiger partial charge in [0, 0.05) is 25.0 Å². The van der Waals surface area contributed by atoms with Crippen LogP contribution in [0.15, 0.2) is 24.5 Å². The number of aryl methyl sites for hydroxylation is 3. The van der Waals surface area contributed by atoms with Crippen molar-refractivity contribution in [3.8, 4) is 11.3 Å². The second-order valence-corrected chi connectivity index (χ2v) is 4.80. The summed E-state index contributed by atoms with van der Waals surface area (Å²) in [7, 11) is 1.92. The minimum atomic E-state index is 0.668. The highest BCUT2D eigenvalue weighted by molar-refractivity contribution is 5.76. The SMILES string of the molecule is CCc1nn(C)cc1-c1nc2ccc(C)cn2c1N. The van der Waals surface area contributed by atoms with Crippen molar-refractivity contribution in [2.75, 3.05) is 5.73 Å². The molecule has 3 rings (SSSR count). The first-order chi connectivity index (χ1) is 9.10. The Bertz CT molecular complexity index is 751. The number of imidazole rings is 1. The number of rotatable bonds is 2. The first-order valence-electron chi connectivity index (χ1n) is 6.37. The fourth-order valence-corrected chi connectivity index (χ4v) is 2.36. The van der Waals surface area contributed by atoms with Gasteiger partial charge in [-0.1, -0.05) is 13.0 Å². The Labute approximate surface area is 111 Å². The van der Waals surface area contributed by atoms with Gasteiger partial charge in [-0.2, -0.15) is 5.10 Å². The van der Waals surface area contributed by atoms with Crippen LogP contribution in [-0.4, -0.2) is 19.2 Å². The second-order valence-electron chi connectivity index (χ2n) is 4.80. The van der Waals surface area contributed by atoms with Gasteiger partial charge in [-0.3, -0.25) is 9.08 Å². The smallest absolute Gasteiger partial charge is 0.139 e. The Hall–Kier alpha value is -2.30. The van der Waals surface area contributed by atoms with E-state index in [1.54, 1.807) is 0 Å².